The Morgan fingerprint density at radius 1 is 1.06 bits per heavy atom. The molecule has 0 aliphatic heterocycles. The van der Waals surface area contributed by atoms with Gasteiger partial charge in [0.1, 0.15) is 0 Å². The molecule has 0 aliphatic carbocycles. The number of aromatic amines is 1. The number of hydrogen-bond acceptors (Lipinski definition) is 3. The van der Waals surface area contributed by atoms with E-state index in [-0.39, 0.29) is 11.6 Å². The number of pyridine rings is 1. The molecule has 4 aromatic rings. The molecule has 0 spiro atoms. The number of benzene rings is 2. The van der Waals surface area contributed by atoms with Gasteiger partial charge in [0.15, 0.2) is 5.11 Å². The number of rotatable bonds is 6. The van der Waals surface area contributed by atoms with Crippen LogP contribution < -0.4 is 10.9 Å². The Balaban J connectivity index is 1.62. The van der Waals surface area contributed by atoms with E-state index in [4.69, 9.17) is 12.2 Å². The molecule has 1 atom stereocenters. The minimum absolute atomic E-state index is 0.0649. The second-order valence-corrected chi connectivity index (χ2v) is 9.58. The molecule has 6 heteroatoms. The Kier molecular flexibility index (Phi) is 6.72. The molecule has 2 N–H and O–H groups in total. The lowest BCUT2D eigenvalue weighted by atomic mass is 10.0. The lowest BCUT2D eigenvalue weighted by Crippen LogP contribution is -2.40. The van der Waals surface area contributed by atoms with Crippen molar-refractivity contribution in [2.75, 3.05) is 0 Å². The fourth-order valence-electron chi connectivity index (χ4n) is 3.74. The number of nitrogens with one attached hydrogen (secondary N) is 2. The highest BCUT2D eigenvalue weighted by atomic mass is 32.1. The summed E-state index contributed by atoms with van der Waals surface area (Å²) >= 11 is 7.50. The molecule has 0 fully saturated rings. The van der Waals surface area contributed by atoms with Crippen LogP contribution in [0, 0.1) is 13.8 Å². The maximum absolute atomic E-state index is 12.9. The number of thiophene rings is 1. The molecular formula is C26H27N3OS2. The van der Waals surface area contributed by atoms with Crippen LogP contribution in [0.25, 0.3) is 10.9 Å². The minimum Gasteiger partial charge on any atom is -0.356 e. The first-order valence-electron chi connectivity index (χ1n) is 10.7. The van der Waals surface area contributed by atoms with Crippen molar-refractivity contribution in [3.63, 3.8) is 0 Å². The average molecular weight is 462 g/mol. The van der Waals surface area contributed by atoms with Gasteiger partial charge < -0.3 is 15.2 Å². The smallest absolute Gasteiger partial charge is 0.253 e. The molecule has 4 rings (SSSR count). The highest BCUT2D eigenvalue weighted by Gasteiger charge is 2.17. The fraction of sp³-hybridized carbons (Fsp3) is 0.231. The van der Waals surface area contributed by atoms with Crippen LogP contribution in [0.2, 0.25) is 0 Å². The van der Waals surface area contributed by atoms with Crippen molar-refractivity contribution in [3.05, 3.63) is 104 Å². The largest absolute Gasteiger partial charge is 0.356 e. The van der Waals surface area contributed by atoms with E-state index in [0.717, 1.165) is 10.9 Å². The van der Waals surface area contributed by atoms with Crippen LogP contribution in [-0.2, 0) is 13.1 Å². The molecule has 0 bridgehead atoms. The third kappa shape index (κ3) is 5.09. The standard InChI is InChI=1S/C26H27N3OS2/c1-17-12-21-14-22(25(30)28-24(21)13-18(17)2)15-29(16-23-10-7-11-32-23)26(31)27-19(3)20-8-5-4-6-9-20/h4-14,19H,15-16H2,1-3H3,(H,27,31)(H,28,30)/t19-/m0/s1. The molecular weight excluding hydrogens is 434 g/mol. The molecule has 0 amide bonds. The number of aromatic nitrogens is 1. The predicted octanol–water partition coefficient (Wildman–Crippen LogP) is 5.84. The van der Waals surface area contributed by atoms with Gasteiger partial charge in [0, 0.05) is 16.0 Å². The predicted molar refractivity (Wildman–Crippen MR) is 138 cm³/mol. The SMILES string of the molecule is Cc1cc2cc(CN(Cc3cccs3)C(=S)N[C@@H](C)c3ccccc3)c(=O)[nH]c2cc1C. The zero-order valence-corrected chi connectivity index (χ0v) is 20.1. The Morgan fingerprint density at radius 3 is 2.53 bits per heavy atom. The molecule has 2 heterocycles. The number of nitrogens with zero attached hydrogens (tertiary/aromatic N) is 1. The van der Waals surface area contributed by atoms with E-state index in [2.05, 4.69) is 65.6 Å². The number of hydrogen-bond donors (Lipinski definition) is 2. The van der Waals surface area contributed by atoms with Gasteiger partial charge in [-0.15, -0.1) is 11.3 Å². The van der Waals surface area contributed by atoms with E-state index in [9.17, 15) is 4.79 Å². The summed E-state index contributed by atoms with van der Waals surface area (Å²) in [5.74, 6) is 0. The minimum atomic E-state index is -0.0733. The van der Waals surface area contributed by atoms with Crippen molar-refractivity contribution in [1.82, 2.24) is 15.2 Å². The second-order valence-electron chi connectivity index (χ2n) is 8.16. The van der Waals surface area contributed by atoms with E-state index < -0.39 is 0 Å². The molecule has 2 aromatic heterocycles. The van der Waals surface area contributed by atoms with Gasteiger partial charge in [0.25, 0.3) is 5.56 Å². The Morgan fingerprint density at radius 2 is 1.81 bits per heavy atom. The summed E-state index contributed by atoms with van der Waals surface area (Å²) in [7, 11) is 0. The van der Waals surface area contributed by atoms with Crippen molar-refractivity contribution in [3.8, 4) is 0 Å². The molecule has 0 saturated heterocycles. The molecule has 164 valence electrons. The molecule has 0 radical (unpaired) electrons. The van der Waals surface area contributed by atoms with Crippen molar-refractivity contribution < 1.29 is 0 Å². The van der Waals surface area contributed by atoms with E-state index in [1.165, 1.54) is 21.6 Å². The van der Waals surface area contributed by atoms with E-state index in [1.807, 2.05) is 36.4 Å². The van der Waals surface area contributed by atoms with Crippen molar-refractivity contribution in [2.45, 2.75) is 39.9 Å². The van der Waals surface area contributed by atoms with Crippen molar-refractivity contribution in [2.24, 2.45) is 0 Å². The Labute approximate surface area is 197 Å². The second kappa shape index (κ2) is 9.67. The topological polar surface area (TPSA) is 48.1 Å². The zero-order valence-electron chi connectivity index (χ0n) is 18.5. The number of fused-ring (bicyclic) bond motifs is 1. The van der Waals surface area contributed by atoms with Crippen LogP contribution in [0.1, 0.15) is 40.1 Å². The van der Waals surface area contributed by atoms with Crippen LogP contribution in [0.3, 0.4) is 0 Å². The lowest BCUT2D eigenvalue weighted by Gasteiger charge is -2.28. The first-order chi connectivity index (χ1) is 15.4. The van der Waals surface area contributed by atoms with Gasteiger partial charge in [-0.25, -0.2) is 0 Å². The van der Waals surface area contributed by atoms with E-state index in [1.54, 1.807) is 11.3 Å². The number of aryl methyl sites for hydroxylation is 2. The van der Waals surface area contributed by atoms with Gasteiger partial charge in [0.05, 0.1) is 19.1 Å². The Bertz CT molecular complexity index is 1280. The molecule has 0 unspecified atom stereocenters. The normalized spacial score (nSPS) is 12.0. The summed E-state index contributed by atoms with van der Waals surface area (Å²) in [4.78, 5) is 19.2. The summed E-state index contributed by atoms with van der Waals surface area (Å²) < 4.78 is 0. The van der Waals surface area contributed by atoms with Crippen LogP contribution in [0.15, 0.2) is 70.8 Å². The van der Waals surface area contributed by atoms with E-state index in [0.29, 0.717) is 23.8 Å². The molecule has 0 saturated carbocycles. The highest BCUT2D eigenvalue weighted by Crippen LogP contribution is 2.20. The highest BCUT2D eigenvalue weighted by molar-refractivity contribution is 7.80. The van der Waals surface area contributed by atoms with Gasteiger partial charge in [0.2, 0.25) is 0 Å². The van der Waals surface area contributed by atoms with Gasteiger partial charge in [-0.2, -0.15) is 0 Å². The third-order valence-electron chi connectivity index (χ3n) is 5.75. The Hall–Kier alpha value is -2.96. The van der Waals surface area contributed by atoms with Gasteiger partial charge >= 0.3 is 0 Å². The van der Waals surface area contributed by atoms with Gasteiger partial charge in [-0.1, -0.05) is 36.4 Å². The number of thiocarbonyl (C=S) groups is 1. The fourth-order valence-corrected chi connectivity index (χ4v) is 4.76. The molecule has 0 aliphatic rings. The summed E-state index contributed by atoms with van der Waals surface area (Å²) in [6.07, 6.45) is 0. The lowest BCUT2D eigenvalue weighted by molar-refractivity contribution is 0.395. The quantitative estimate of drug-likeness (QED) is 0.354. The monoisotopic (exact) mass is 461 g/mol. The third-order valence-corrected chi connectivity index (χ3v) is 6.99. The first kappa shape index (κ1) is 22.2. The van der Waals surface area contributed by atoms with Crippen LogP contribution in [0.5, 0.6) is 0 Å². The maximum atomic E-state index is 12.9. The van der Waals surface area contributed by atoms with Crippen LogP contribution in [0.4, 0.5) is 0 Å². The van der Waals surface area contributed by atoms with Crippen molar-refractivity contribution in [1.29, 1.82) is 0 Å². The summed E-state index contributed by atoms with van der Waals surface area (Å²) in [5, 5.41) is 7.18. The van der Waals surface area contributed by atoms with Gasteiger partial charge in [-0.3, -0.25) is 4.79 Å². The summed E-state index contributed by atoms with van der Waals surface area (Å²) in [5.41, 5.74) is 5.04. The first-order valence-corrected chi connectivity index (χ1v) is 12.0. The van der Waals surface area contributed by atoms with Crippen molar-refractivity contribution >= 4 is 39.6 Å². The average Bonchev–Trinajstić information content (AvgIpc) is 3.29. The molecule has 2 aromatic carbocycles. The zero-order chi connectivity index (χ0) is 22.7. The summed E-state index contributed by atoms with van der Waals surface area (Å²) in [6.45, 7) is 7.33. The van der Waals surface area contributed by atoms with E-state index >= 15 is 0 Å². The van der Waals surface area contributed by atoms with Crippen LogP contribution in [-0.4, -0.2) is 15.0 Å². The molecule has 32 heavy (non-hydrogen) atoms. The van der Waals surface area contributed by atoms with Gasteiger partial charge in [-0.05, 0) is 84.7 Å². The maximum Gasteiger partial charge on any atom is 0.253 e. The molecule has 4 nitrogen and oxygen atoms in total. The number of H-pyrrole nitrogens is 1. The van der Waals surface area contributed by atoms with Crippen LogP contribution >= 0.6 is 23.6 Å². The summed E-state index contributed by atoms with van der Waals surface area (Å²) in [6, 6.07) is 20.6.